The average Bonchev–Trinajstić information content (AvgIpc) is 2.98. The van der Waals surface area contributed by atoms with Gasteiger partial charge in [0, 0.05) is 15.4 Å². The number of hydrogen-bond acceptors (Lipinski definition) is 4. The number of carbonyl (C=O) groups is 1. The van der Waals surface area contributed by atoms with Crippen LogP contribution in [0.4, 0.5) is 8.78 Å². The normalized spacial score (nSPS) is 10.6. The molecule has 122 valence electrons. The van der Waals surface area contributed by atoms with Crippen LogP contribution in [0.25, 0.3) is 10.6 Å². The Morgan fingerprint density at radius 3 is 2.79 bits per heavy atom. The number of esters is 1. The second kappa shape index (κ2) is 7.19. The number of nitrogens with zero attached hydrogens (tertiary/aromatic N) is 1. The first-order chi connectivity index (χ1) is 11.5. The van der Waals surface area contributed by atoms with E-state index in [2.05, 4.69) is 20.9 Å². The molecule has 0 aliphatic rings. The maximum Gasteiger partial charge on any atom is 0.317 e. The van der Waals surface area contributed by atoms with Crippen molar-refractivity contribution in [3.63, 3.8) is 0 Å². The Kier molecular flexibility index (Phi) is 5.01. The molecule has 0 fully saturated rings. The minimum atomic E-state index is -0.628. The third-order valence-electron chi connectivity index (χ3n) is 3.07. The predicted octanol–water partition coefficient (Wildman–Crippen LogP) is 5.00. The van der Waals surface area contributed by atoms with Crippen molar-refractivity contribution in [1.29, 1.82) is 0 Å². The van der Waals surface area contributed by atoms with Crippen LogP contribution in [0.3, 0.4) is 0 Å². The van der Waals surface area contributed by atoms with Crippen molar-refractivity contribution in [2.45, 2.75) is 6.42 Å². The maximum absolute atomic E-state index is 13.7. The first kappa shape index (κ1) is 16.7. The number of rotatable bonds is 4. The van der Waals surface area contributed by atoms with E-state index in [0.29, 0.717) is 20.7 Å². The summed E-state index contributed by atoms with van der Waals surface area (Å²) in [5, 5.41) is 2.30. The molecule has 1 aromatic heterocycles. The largest absolute Gasteiger partial charge is 0.423 e. The Labute approximate surface area is 149 Å². The van der Waals surface area contributed by atoms with Gasteiger partial charge in [-0.25, -0.2) is 13.8 Å². The third kappa shape index (κ3) is 4.04. The highest BCUT2D eigenvalue weighted by Gasteiger charge is 2.13. The molecule has 0 saturated carbocycles. The lowest BCUT2D eigenvalue weighted by atomic mass is 10.2. The number of benzene rings is 2. The Bertz CT molecular complexity index is 898. The van der Waals surface area contributed by atoms with Gasteiger partial charge in [-0.3, -0.25) is 4.79 Å². The summed E-state index contributed by atoms with van der Waals surface area (Å²) in [6.45, 7) is 0. The fourth-order valence-electron chi connectivity index (χ4n) is 2.01. The Morgan fingerprint density at radius 2 is 2.04 bits per heavy atom. The summed E-state index contributed by atoms with van der Waals surface area (Å²) >= 11 is 4.43. The fraction of sp³-hybridized carbons (Fsp3) is 0.0588. The van der Waals surface area contributed by atoms with Crippen LogP contribution in [0.1, 0.15) is 5.69 Å². The van der Waals surface area contributed by atoms with Crippen molar-refractivity contribution in [3.8, 4) is 16.3 Å². The van der Waals surface area contributed by atoms with Crippen molar-refractivity contribution in [3.05, 3.63) is 69.6 Å². The lowest BCUT2D eigenvalue weighted by Gasteiger charge is -2.04. The van der Waals surface area contributed by atoms with E-state index in [-0.39, 0.29) is 18.0 Å². The summed E-state index contributed by atoms with van der Waals surface area (Å²) in [4.78, 5) is 16.2. The second-order valence-electron chi connectivity index (χ2n) is 4.88. The fourth-order valence-corrected chi connectivity index (χ4v) is 3.16. The standard InChI is InChI=1S/C17H10BrF2NO2S/c18-11-4-5-15(14(20)7-11)23-16(22)8-13-9-24-17(21-13)10-2-1-3-12(19)6-10/h1-7,9H,8H2. The molecule has 0 N–H and O–H groups in total. The zero-order chi connectivity index (χ0) is 17.1. The Morgan fingerprint density at radius 1 is 1.21 bits per heavy atom. The molecular weight excluding hydrogens is 400 g/mol. The van der Waals surface area contributed by atoms with Crippen molar-refractivity contribution >= 4 is 33.2 Å². The smallest absolute Gasteiger partial charge is 0.317 e. The molecule has 1 heterocycles. The topological polar surface area (TPSA) is 39.2 Å². The van der Waals surface area contributed by atoms with Gasteiger partial charge < -0.3 is 4.74 Å². The van der Waals surface area contributed by atoms with Gasteiger partial charge in [-0.1, -0.05) is 28.1 Å². The van der Waals surface area contributed by atoms with E-state index >= 15 is 0 Å². The Balaban J connectivity index is 1.69. The lowest BCUT2D eigenvalue weighted by molar-refractivity contribution is -0.133. The van der Waals surface area contributed by atoms with Gasteiger partial charge in [0.1, 0.15) is 10.8 Å². The molecule has 0 unspecified atom stereocenters. The number of thiazole rings is 1. The van der Waals surface area contributed by atoms with E-state index < -0.39 is 11.8 Å². The minimum Gasteiger partial charge on any atom is -0.423 e. The second-order valence-corrected chi connectivity index (χ2v) is 6.65. The van der Waals surface area contributed by atoms with Crippen LogP contribution in [0.15, 0.2) is 52.3 Å². The SMILES string of the molecule is O=C(Cc1csc(-c2cccc(F)c2)n1)Oc1ccc(Br)cc1F. The molecule has 0 bridgehead atoms. The van der Waals surface area contributed by atoms with Gasteiger partial charge in [0.25, 0.3) is 0 Å². The number of carbonyl (C=O) groups excluding carboxylic acids is 1. The molecule has 24 heavy (non-hydrogen) atoms. The molecule has 3 aromatic rings. The highest BCUT2D eigenvalue weighted by Crippen LogP contribution is 2.25. The van der Waals surface area contributed by atoms with E-state index in [1.54, 1.807) is 23.6 Å². The Hall–Kier alpha value is -2.12. The monoisotopic (exact) mass is 409 g/mol. The number of hydrogen-bond donors (Lipinski definition) is 0. The number of aromatic nitrogens is 1. The van der Waals surface area contributed by atoms with E-state index in [4.69, 9.17) is 4.74 Å². The zero-order valence-electron chi connectivity index (χ0n) is 12.1. The molecule has 0 atom stereocenters. The molecule has 0 spiro atoms. The van der Waals surface area contributed by atoms with Gasteiger partial charge in [-0.15, -0.1) is 11.3 Å². The van der Waals surface area contributed by atoms with Crippen molar-refractivity contribution in [2.75, 3.05) is 0 Å². The van der Waals surface area contributed by atoms with Crippen LogP contribution < -0.4 is 4.74 Å². The third-order valence-corrected chi connectivity index (χ3v) is 4.50. The van der Waals surface area contributed by atoms with E-state index in [9.17, 15) is 13.6 Å². The van der Waals surface area contributed by atoms with Crippen LogP contribution in [-0.2, 0) is 11.2 Å². The van der Waals surface area contributed by atoms with Crippen LogP contribution in [-0.4, -0.2) is 11.0 Å². The van der Waals surface area contributed by atoms with Crippen LogP contribution in [0, 0.1) is 11.6 Å². The highest BCUT2D eigenvalue weighted by atomic mass is 79.9. The molecule has 7 heteroatoms. The van der Waals surface area contributed by atoms with Crippen LogP contribution in [0.5, 0.6) is 5.75 Å². The van der Waals surface area contributed by atoms with Gasteiger partial charge in [0.05, 0.1) is 12.1 Å². The average molecular weight is 410 g/mol. The molecule has 0 saturated heterocycles. The molecule has 0 aliphatic heterocycles. The van der Waals surface area contributed by atoms with Crippen LogP contribution >= 0.6 is 27.3 Å². The molecule has 0 aliphatic carbocycles. The minimum absolute atomic E-state index is 0.0959. The van der Waals surface area contributed by atoms with E-state index in [1.165, 1.54) is 35.6 Å². The predicted molar refractivity (Wildman–Crippen MR) is 90.9 cm³/mol. The summed E-state index contributed by atoms with van der Waals surface area (Å²) in [7, 11) is 0. The summed E-state index contributed by atoms with van der Waals surface area (Å²) in [5.41, 5.74) is 1.13. The van der Waals surface area contributed by atoms with Gasteiger partial charge in [-0.2, -0.15) is 0 Å². The summed E-state index contributed by atoms with van der Waals surface area (Å²) < 4.78 is 32.5. The molecular formula is C17H10BrF2NO2S. The van der Waals surface area contributed by atoms with Crippen LogP contribution in [0.2, 0.25) is 0 Å². The molecule has 0 amide bonds. The summed E-state index contributed by atoms with van der Waals surface area (Å²) in [6, 6.07) is 10.2. The van der Waals surface area contributed by atoms with Crippen molar-refractivity contribution in [2.24, 2.45) is 0 Å². The van der Waals surface area contributed by atoms with Gasteiger partial charge in [0.2, 0.25) is 0 Å². The van der Waals surface area contributed by atoms with Crippen molar-refractivity contribution in [1.82, 2.24) is 4.98 Å². The molecule has 2 aromatic carbocycles. The summed E-state index contributed by atoms with van der Waals surface area (Å²) in [6.07, 6.45) is -0.0959. The zero-order valence-corrected chi connectivity index (χ0v) is 14.5. The van der Waals surface area contributed by atoms with Gasteiger partial charge in [0.15, 0.2) is 11.6 Å². The van der Waals surface area contributed by atoms with E-state index in [0.717, 1.165) is 0 Å². The maximum atomic E-state index is 13.7. The summed E-state index contributed by atoms with van der Waals surface area (Å²) in [5.74, 6) is -1.73. The van der Waals surface area contributed by atoms with E-state index in [1.807, 2.05) is 0 Å². The molecule has 3 rings (SSSR count). The number of ether oxygens (including phenoxy) is 1. The molecule has 3 nitrogen and oxygen atoms in total. The highest BCUT2D eigenvalue weighted by molar-refractivity contribution is 9.10. The van der Waals surface area contributed by atoms with Gasteiger partial charge >= 0.3 is 5.97 Å². The first-order valence-corrected chi connectivity index (χ1v) is 8.54. The quantitative estimate of drug-likeness (QED) is 0.449. The van der Waals surface area contributed by atoms with Gasteiger partial charge in [-0.05, 0) is 30.3 Å². The first-order valence-electron chi connectivity index (χ1n) is 6.87. The van der Waals surface area contributed by atoms with Crippen molar-refractivity contribution < 1.29 is 18.3 Å². The number of halogens is 3. The molecule has 0 radical (unpaired) electrons. The lowest BCUT2D eigenvalue weighted by Crippen LogP contribution is -2.12.